The van der Waals surface area contributed by atoms with Crippen LogP contribution in [0.25, 0.3) is 0 Å². The zero-order valence-electron chi connectivity index (χ0n) is 14.1. The van der Waals surface area contributed by atoms with Gasteiger partial charge in [-0.1, -0.05) is 12.1 Å². The van der Waals surface area contributed by atoms with Crippen molar-refractivity contribution < 1.29 is 14.7 Å². The van der Waals surface area contributed by atoms with Crippen LogP contribution in [-0.2, 0) is 4.79 Å². The van der Waals surface area contributed by atoms with Gasteiger partial charge >= 0.3 is 5.97 Å². The molecule has 0 saturated carbocycles. The fourth-order valence-electron chi connectivity index (χ4n) is 3.60. The summed E-state index contributed by atoms with van der Waals surface area (Å²) in [5, 5.41) is 9.27. The highest BCUT2D eigenvalue weighted by molar-refractivity contribution is 5.73. The number of nitrogens with zero attached hydrogens (tertiary/aromatic N) is 1. The Balaban J connectivity index is 1.60. The number of hydrogen-bond acceptors (Lipinski definition) is 4. The van der Waals surface area contributed by atoms with E-state index in [1.54, 1.807) is 13.8 Å². The van der Waals surface area contributed by atoms with Crippen molar-refractivity contribution >= 4 is 5.97 Å². The van der Waals surface area contributed by atoms with Gasteiger partial charge < -0.3 is 14.8 Å². The van der Waals surface area contributed by atoms with E-state index in [1.165, 1.54) is 11.1 Å². The lowest BCUT2D eigenvalue weighted by Crippen LogP contribution is -2.44. The Kier molecular flexibility index (Phi) is 4.34. The second kappa shape index (κ2) is 6.13. The third kappa shape index (κ3) is 3.35. The van der Waals surface area contributed by atoms with E-state index in [0.717, 1.165) is 31.7 Å². The third-order valence-corrected chi connectivity index (χ3v) is 5.10. The molecule has 0 amide bonds. The molecule has 5 heteroatoms. The fraction of sp³-hybridized carbons (Fsp3) is 0.611. The maximum atomic E-state index is 11.3. The number of carboxylic acid groups (broad SMARTS) is 1. The number of carboxylic acids is 1. The Bertz CT molecular complexity index is 592. The molecule has 1 fully saturated rings. The summed E-state index contributed by atoms with van der Waals surface area (Å²) in [4.78, 5) is 19.2. The van der Waals surface area contributed by atoms with Crippen LogP contribution in [0, 0.1) is 18.3 Å². The molecular formula is C18H26N2O3. The second-order valence-corrected chi connectivity index (χ2v) is 7.54. The number of aliphatic carboxylic acids is 1. The Morgan fingerprint density at radius 3 is 2.74 bits per heavy atom. The van der Waals surface area contributed by atoms with Crippen LogP contribution in [0.4, 0.5) is 0 Å². The van der Waals surface area contributed by atoms with Gasteiger partial charge in [-0.05, 0) is 64.3 Å². The average molecular weight is 318 g/mol. The minimum absolute atomic E-state index is 0.250. The highest BCUT2D eigenvalue weighted by Gasteiger charge is 2.36. The van der Waals surface area contributed by atoms with Gasteiger partial charge in [-0.15, -0.1) is 5.48 Å². The quantitative estimate of drug-likeness (QED) is 0.894. The van der Waals surface area contributed by atoms with E-state index in [-0.39, 0.29) is 6.04 Å². The zero-order chi connectivity index (χ0) is 16.6. The molecule has 2 N–H and O–H groups in total. The molecular weight excluding hydrogens is 292 g/mol. The number of aryl methyl sites for hydroxylation is 1. The summed E-state index contributed by atoms with van der Waals surface area (Å²) in [7, 11) is 0. The molecule has 5 nitrogen and oxygen atoms in total. The van der Waals surface area contributed by atoms with Crippen LogP contribution in [-0.4, -0.2) is 35.6 Å². The van der Waals surface area contributed by atoms with Crippen molar-refractivity contribution in [2.75, 3.05) is 19.6 Å². The molecule has 1 unspecified atom stereocenters. The topological polar surface area (TPSA) is 61.8 Å². The minimum Gasteiger partial charge on any atom is -0.481 e. The first-order valence-electron chi connectivity index (χ1n) is 8.35. The van der Waals surface area contributed by atoms with Crippen molar-refractivity contribution in [1.82, 2.24) is 10.4 Å². The van der Waals surface area contributed by atoms with Crippen molar-refractivity contribution in [3.63, 3.8) is 0 Å². The van der Waals surface area contributed by atoms with Crippen molar-refractivity contribution in [2.45, 2.75) is 39.7 Å². The molecule has 1 saturated heterocycles. The highest BCUT2D eigenvalue weighted by atomic mass is 16.7. The number of fused-ring (bicyclic) bond motifs is 1. The Morgan fingerprint density at radius 1 is 1.39 bits per heavy atom. The number of rotatable bonds is 4. The van der Waals surface area contributed by atoms with Crippen molar-refractivity contribution in [2.24, 2.45) is 11.3 Å². The molecule has 0 aliphatic carbocycles. The number of piperidine rings is 1. The first kappa shape index (κ1) is 16.3. The Morgan fingerprint density at radius 2 is 2.09 bits per heavy atom. The van der Waals surface area contributed by atoms with E-state index < -0.39 is 11.4 Å². The summed E-state index contributed by atoms with van der Waals surface area (Å²) in [5.41, 5.74) is 4.95. The summed E-state index contributed by atoms with van der Waals surface area (Å²) in [6.07, 6.45) is 2.12. The summed E-state index contributed by atoms with van der Waals surface area (Å²) in [6.45, 7) is 8.17. The number of likely N-dealkylation sites (tertiary alicyclic amines) is 1. The first-order valence-corrected chi connectivity index (χ1v) is 8.35. The molecule has 0 bridgehead atoms. The van der Waals surface area contributed by atoms with E-state index in [9.17, 15) is 9.90 Å². The summed E-state index contributed by atoms with van der Waals surface area (Å²) in [6, 6.07) is 6.62. The lowest BCUT2D eigenvalue weighted by molar-refractivity contribution is -0.148. The van der Waals surface area contributed by atoms with Gasteiger partial charge in [-0.3, -0.25) is 4.79 Å². The van der Waals surface area contributed by atoms with Gasteiger partial charge in [-0.2, -0.15) is 0 Å². The van der Waals surface area contributed by atoms with E-state index in [4.69, 9.17) is 4.84 Å². The van der Waals surface area contributed by atoms with Crippen LogP contribution in [0.15, 0.2) is 18.2 Å². The standard InChI is InChI=1S/C18H26N2O3/c1-12-4-5-14-15(10-12)23-19-16(14)13-6-8-20(9-7-13)11-18(2,3)17(21)22/h4-5,10,13,16,19H,6-9,11H2,1-3H3,(H,21,22). The van der Waals surface area contributed by atoms with E-state index in [2.05, 4.69) is 35.5 Å². The maximum absolute atomic E-state index is 11.3. The molecule has 0 spiro atoms. The van der Waals surface area contributed by atoms with Crippen molar-refractivity contribution in [1.29, 1.82) is 0 Å². The molecule has 3 rings (SSSR count). The molecule has 2 aliphatic rings. The normalized spacial score (nSPS) is 22.7. The van der Waals surface area contributed by atoms with Gasteiger partial charge in [0.15, 0.2) is 5.75 Å². The lowest BCUT2D eigenvalue weighted by atomic mass is 9.84. The second-order valence-electron chi connectivity index (χ2n) is 7.54. The molecule has 1 atom stereocenters. The van der Waals surface area contributed by atoms with Crippen LogP contribution in [0.3, 0.4) is 0 Å². The fourth-order valence-corrected chi connectivity index (χ4v) is 3.60. The molecule has 0 aromatic heterocycles. The summed E-state index contributed by atoms with van der Waals surface area (Å²) in [5.74, 6) is 0.752. The minimum atomic E-state index is -0.727. The Labute approximate surface area is 137 Å². The average Bonchev–Trinajstić information content (AvgIpc) is 2.90. The van der Waals surface area contributed by atoms with Crippen LogP contribution in [0.5, 0.6) is 5.75 Å². The Hall–Kier alpha value is -1.59. The van der Waals surface area contributed by atoms with Crippen LogP contribution in [0.1, 0.15) is 43.9 Å². The highest BCUT2D eigenvalue weighted by Crippen LogP contribution is 2.39. The van der Waals surface area contributed by atoms with Gasteiger partial charge in [0.25, 0.3) is 0 Å². The smallest absolute Gasteiger partial charge is 0.310 e. The summed E-state index contributed by atoms with van der Waals surface area (Å²) < 4.78 is 0. The molecule has 1 aromatic carbocycles. The van der Waals surface area contributed by atoms with E-state index >= 15 is 0 Å². The van der Waals surface area contributed by atoms with Gasteiger partial charge in [-0.25, -0.2) is 0 Å². The monoisotopic (exact) mass is 318 g/mol. The number of hydroxylamine groups is 1. The van der Waals surface area contributed by atoms with E-state index in [1.807, 2.05) is 0 Å². The number of benzene rings is 1. The van der Waals surface area contributed by atoms with Gasteiger partial charge in [0.05, 0.1) is 11.5 Å². The van der Waals surface area contributed by atoms with Crippen molar-refractivity contribution in [3.05, 3.63) is 29.3 Å². The zero-order valence-corrected chi connectivity index (χ0v) is 14.1. The number of hydrogen-bond donors (Lipinski definition) is 2. The van der Waals surface area contributed by atoms with Crippen LogP contribution < -0.4 is 10.3 Å². The van der Waals surface area contributed by atoms with Gasteiger partial charge in [0.1, 0.15) is 0 Å². The molecule has 0 radical (unpaired) electrons. The predicted octanol–water partition coefficient (Wildman–Crippen LogP) is 2.76. The van der Waals surface area contributed by atoms with E-state index in [0.29, 0.717) is 12.5 Å². The molecule has 2 heterocycles. The van der Waals surface area contributed by atoms with Crippen LogP contribution in [0.2, 0.25) is 0 Å². The van der Waals surface area contributed by atoms with Gasteiger partial charge in [0, 0.05) is 12.1 Å². The van der Waals surface area contributed by atoms with Crippen molar-refractivity contribution in [3.8, 4) is 5.75 Å². The number of nitrogens with one attached hydrogen (secondary N) is 1. The lowest BCUT2D eigenvalue weighted by Gasteiger charge is -2.37. The SMILES string of the molecule is Cc1ccc2c(c1)ONC2C1CCN(CC(C)(C)C(=O)O)CC1. The number of carbonyl (C=O) groups is 1. The molecule has 1 aromatic rings. The first-order chi connectivity index (χ1) is 10.9. The molecule has 23 heavy (non-hydrogen) atoms. The largest absolute Gasteiger partial charge is 0.481 e. The molecule has 2 aliphatic heterocycles. The molecule has 126 valence electrons. The van der Waals surface area contributed by atoms with Gasteiger partial charge in [0.2, 0.25) is 0 Å². The predicted molar refractivity (Wildman–Crippen MR) is 88.3 cm³/mol. The third-order valence-electron chi connectivity index (χ3n) is 5.10. The van der Waals surface area contributed by atoms with Crippen LogP contribution >= 0.6 is 0 Å². The summed E-state index contributed by atoms with van der Waals surface area (Å²) >= 11 is 0. The maximum Gasteiger partial charge on any atom is 0.310 e.